The number of nitrogens with zero attached hydrogens (tertiary/aromatic N) is 1. The Hall–Kier alpha value is -1.33. The third kappa shape index (κ3) is 3.73. The lowest BCUT2D eigenvalue weighted by Crippen LogP contribution is -2.38. The Bertz CT molecular complexity index is 330. The molecule has 0 spiro atoms. The van der Waals surface area contributed by atoms with Crippen molar-refractivity contribution in [2.45, 2.75) is 33.4 Å². The zero-order valence-corrected chi connectivity index (χ0v) is 9.62. The Morgan fingerprint density at radius 1 is 1.27 bits per heavy atom. The van der Waals surface area contributed by atoms with Gasteiger partial charge >= 0.3 is 0 Å². The van der Waals surface area contributed by atoms with E-state index in [0.29, 0.717) is 0 Å². The van der Waals surface area contributed by atoms with Gasteiger partial charge in [-0.3, -0.25) is 5.32 Å². The fourth-order valence-electron chi connectivity index (χ4n) is 1.36. The monoisotopic (exact) mass is 202 g/mol. The molecule has 1 N–H and O–H groups in total. The van der Waals surface area contributed by atoms with Gasteiger partial charge in [-0.25, -0.2) is 0 Å². The Morgan fingerprint density at radius 2 is 1.87 bits per heavy atom. The minimum Gasteiger partial charge on any atom is -0.297 e. The predicted molar refractivity (Wildman–Crippen MR) is 62.1 cm³/mol. The van der Waals surface area contributed by atoms with E-state index >= 15 is 0 Å². The Morgan fingerprint density at radius 3 is 2.33 bits per heavy atom. The lowest BCUT2D eigenvalue weighted by molar-refractivity contribution is 0.319. The second-order valence-electron chi connectivity index (χ2n) is 4.79. The van der Waals surface area contributed by atoms with Crippen molar-refractivity contribution < 1.29 is 0 Å². The maximum atomic E-state index is 9.03. The smallest absolute Gasteiger partial charge is 0.100 e. The molecule has 0 fully saturated rings. The van der Waals surface area contributed by atoms with Gasteiger partial charge in [0.1, 0.15) is 6.04 Å². The van der Waals surface area contributed by atoms with Crippen LogP contribution in [0.25, 0.3) is 0 Å². The molecule has 0 saturated carbocycles. The number of hydrogen-bond donors (Lipinski definition) is 1. The lowest BCUT2D eigenvalue weighted by Gasteiger charge is -2.25. The van der Waals surface area contributed by atoms with Crippen LogP contribution in [0, 0.1) is 16.7 Å². The first-order valence-electron chi connectivity index (χ1n) is 5.21. The van der Waals surface area contributed by atoms with Gasteiger partial charge in [-0.1, -0.05) is 51.1 Å². The highest BCUT2D eigenvalue weighted by atomic mass is 14.9. The van der Waals surface area contributed by atoms with Gasteiger partial charge in [-0.15, -0.1) is 0 Å². The number of rotatable bonds is 3. The van der Waals surface area contributed by atoms with Crippen LogP contribution >= 0.6 is 0 Å². The van der Waals surface area contributed by atoms with Crippen molar-refractivity contribution in [2.75, 3.05) is 0 Å². The van der Waals surface area contributed by atoms with Crippen LogP contribution in [0.3, 0.4) is 0 Å². The van der Waals surface area contributed by atoms with E-state index < -0.39 is 0 Å². The van der Waals surface area contributed by atoms with E-state index in [2.05, 4.69) is 44.3 Å². The molecule has 0 aliphatic carbocycles. The van der Waals surface area contributed by atoms with Gasteiger partial charge < -0.3 is 0 Å². The second kappa shape index (κ2) is 4.95. The van der Waals surface area contributed by atoms with E-state index in [-0.39, 0.29) is 11.5 Å². The average Bonchev–Trinajstić information content (AvgIpc) is 2.18. The normalized spacial score (nSPS) is 13.2. The zero-order valence-electron chi connectivity index (χ0n) is 9.62. The largest absolute Gasteiger partial charge is 0.297 e. The molecule has 0 aliphatic heterocycles. The van der Waals surface area contributed by atoms with Gasteiger partial charge in [0.2, 0.25) is 0 Å². The molecule has 0 amide bonds. The zero-order chi connectivity index (χ0) is 11.3. The van der Waals surface area contributed by atoms with Crippen molar-refractivity contribution in [1.82, 2.24) is 5.32 Å². The molecule has 0 saturated heterocycles. The first-order chi connectivity index (χ1) is 7.04. The van der Waals surface area contributed by atoms with E-state index in [4.69, 9.17) is 5.26 Å². The van der Waals surface area contributed by atoms with Gasteiger partial charge in [0.15, 0.2) is 0 Å². The second-order valence-corrected chi connectivity index (χ2v) is 4.79. The topological polar surface area (TPSA) is 35.8 Å². The summed E-state index contributed by atoms with van der Waals surface area (Å²) in [5, 5.41) is 12.3. The van der Waals surface area contributed by atoms with Gasteiger partial charge in [-0.2, -0.15) is 5.26 Å². The standard InChI is InChI=1S/C13H18N2/c1-13(2,3)12(9-14)15-10-11-7-5-4-6-8-11/h4-8,12,15H,10H2,1-3H3/t12-/m1/s1. The third-order valence-electron chi connectivity index (χ3n) is 2.35. The molecule has 0 aliphatic rings. The number of benzene rings is 1. The maximum Gasteiger partial charge on any atom is 0.100 e. The predicted octanol–water partition coefficient (Wildman–Crippen LogP) is 2.71. The third-order valence-corrected chi connectivity index (χ3v) is 2.35. The lowest BCUT2D eigenvalue weighted by atomic mass is 9.87. The Labute approximate surface area is 91.9 Å². The van der Waals surface area contributed by atoms with Crippen LogP contribution in [0.4, 0.5) is 0 Å². The van der Waals surface area contributed by atoms with Crippen LogP contribution in [0.15, 0.2) is 30.3 Å². The number of nitrogens with one attached hydrogen (secondary N) is 1. The molecule has 0 aromatic heterocycles. The summed E-state index contributed by atoms with van der Waals surface area (Å²) in [6.07, 6.45) is 0. The van der Waals surface area contributed by atoms with Crippen molar-refractivity contribution in [3.05, 3.63) is 35.9 Å². The average molecular weight is 202 g/mol. The molecule has 80 valence electrons. The highest BCUT2D eigenvalue weighted by Gasteiger charge is 2.23. The van der Waals surface area contributed by atoms with E-state index in [1.165, 1.54) is 5.56 Å². The van der Waals surface area contributed by atoms with Crippen LogP contribution in [0.5, 0.6) is 0 Å². The number of hydrogen-bond acceptors (Lipinski definition) is 2. The van der Waals surface area contributed by atoms with Crippen molar-refractivity contribution in [3.63, 3.8) is 0 Å². The molecule has 1 rings (SSSR count). The quantitative estimate of drug-likeness (QED) is 0.818. The van der Waals surface area contributed by atoms with Gasteiger partial charge in [-0.05, 0) is 11.0 Å². The Balaban J connectivity index is 2.54. The highest BCUT2D eigenvalue weighted by molar-refractivity contribution is 5.15. The summed E-state index contributed by atoms with van der Waals surface area (Å²) in [6, 6.07) is 12.3. The molecule has 15 heavy (non-hydrogen) atoms. The molecular weight excluding hydrogens is 184 g/mol. The molecular formula is C13H18N2. The summed E-state index contributed by atoms with van der Waals surface area (Å²) in [5.41, 5.74) is 1.19. The molecule has 1 aromatic carbocycles. The van der Waals surface area contributed by atoms with Gasteiger partial charge in [0.05, 0.1) is 6.07 Å². The van der Waals surface area contributed by atoms with E-state index in [0.717, 1.165) is 6.54 Å². The minimum atomic E-state index is -0.113. The van der Waals surface area contributed by atoms with Crippen LogP contribution in [0.1, 0.15) is 26.3 Å². The van der Waals surface area contributed by atoms with Gasteiger partial charge in [0, 0.05) is 6.54 Å². The van der Waals surface area contributed by atoms with Crippen LogP contribution in [-0.2, 0) is 6.54 Å². The number of nitriles is 1. The van der Waals surface area contributed by atoms with E-state index in [1.54, 1.807) is 0 Å². The molecule has 1 atom stereocenters. The van der Waals surface area contributed by atoms with Crippen LogP contribution in [-0.4, -0.2) is 6.04 Å². The SMILES string of the molecule is CC(C)(C)[C@@H](C#N)NCc1ccccc1. The van der Waals surface area contributed by atoms with Crippen molar-refractivity contribution in [1.29, 1.82) is 5.26 Å². The maximum absolute atomic E-state index is 9.03. The summed E-state index contributed by atoms with van der Waals surface area (Å²) >= 11 is 0. The van der Waals surface area contributed by atoms with Crippen molar-refractivity contribution >= 4 is 0 Å². The first-order valence-corrected chi connectivity index (χ1v) is 5.21. The molecule has 0 unspecified atom stereocenters. The molecule has 0 bridgehead atoms. The van der Waals surface area contributed by atoms with Crippen LogP contribution in [0.2, 0.25) is 0 Å². The molecule has 0 heterocycles. The molecule has 2 nitrogen and oxygen atoms in total. The molecule has 1 aromatic rings. The summed E-state index contributed by atoms with van der Waals surface area (Å²) in [7, 11) is 0. The van der Waals surface area contributed by atoms with E-state index in [1.807, 2.05) is 18.2 Å². The summed E-state index contributed by atoms with van der Waals surface area (Å²) in [6.45, 7) is 6.95. The van der Waals surface area contributed by atoms with E-state index in [9.17, 15) is 0 Å². The molecule has 2 heteroatoms. The highest BCUT2D eigenvalue weighted by Crippen LogP contribution is 2.18. The van der Waals surface area contributed by atoms with Crippen LogP contribution < -0.4 is 5.32 Å². The van der Waals surface area contributed by atoms with Crippen molar-refractivity contribution in [3.8, 4) is 6.07 Å². The molecule has 0 radical (unpaired) electrons. The first kappa shape index (κ1) is 11.7. The fraction of sp³-hybridized carbons (Fsp3) is 0.462. The van der Waals surface area contributed by atoms with Gasteiger partial charge in [0.25, 0.3) is 0 Å². The Kier molecular flexibility index (Phi) is 3.88. The minimum absolute atomic E-state index is 0.0243. The summed E-state index contributed by atoms with van der Waals surface area (Å²) in [4.78, 5) is 0. The summed E-state index contributed by atoms with van der Waals surface area (Å²) in [5.74, 6) is 0. The van der Waals surface area contributed by atoms with Crippen molar-refractivity contribution in [2.24, 2.45) is 5.41 Å². The fourth-order valence-corrected chi connectivity index (χ4v) is 1.36. The summed E-state index contributed by atoms with van der Waals surface area (Å²) < 4.78 is 0.